The molecule has 3 aromatic carbocycles. The van der Waals surface area contributed by atoms with E-state index in [2.05, 4.69) is 15.9 Å². The third-order valence-corrected chi connectivity index (χ3v) is 4.38. The van der Waals surface area contributed by atoms with Crippen LogP contribution in [-0.4, -0.2) is 0 Å². The van der Waals surface area contributed by atoms with Crippen LogP contribution in [0.1, 0.15) is 0 Å². The molecule has 0 spiro atoms. The van der Waals surface area contributed by atoms with Crippen LogP contribution in [0.25, 0.3) is 21.5 Å². The fourth-order valence-corrected chi connectivity index (χ4v) is 3.19. The van der Waals surface area contributed by atoms with E-state index >= 15 is 0 Å². The fraction of sp³-hybridized carbons (Fsp3) is 0. The van der Waals surface area contributed by atoms with Crippen molar-refractivity contribution in [3.8, 4) is 0 Å². The van der Waals surface area contributed by atoms with Gasteiger partial charge in [-0.2, -0.15) is 0 Å². The lowest BCUT2D eigenvalue weighted by Crippen LogP contribution is -1.81. The first-order chi connectivity index (χ1) is 8.18. The van der Waals surface area contributed by atoms with Gasteiger partial charge in [0.15, 0.2) is 0 Å². The normalized spacial score (nSPS) is 11.2. The highest BCUT2D eigenvalue weighted by Gasteiger charge is 2.09. The lowest BCUT2D eigenvalue weighted by Gasteiger charge is -2.08. The Bertz CT molecular complexity index is 675. The molecule has 0 saturated carbocycles. The van der Waals surface area contributed by atoms with Gasteiger partial charge in [0.2, 0.25) is 0 Å². The Morgan fingerprint density at radius 1 is 0.706 bits per heavy atom. The fourth-order valence-electron chi connectivity index (χ4n) is 2.04. The van der Waals surface area contributed by atoms with Gasteiger partial charge in [-0.3, -0.25) is 0 Å². The summed E-state index contributed by atoms with van der Waals surface area (Å²) in [6, 6.07) is 13.8. The lowest BCUT2D eigenvalue weighted by molar-refractivity contribution is 1.74. The number of halogens is 3. The molecule has 0 bridgehead atoms. The summed E-state index contributed by atoms with van der Waals surface area (Å²) in [4.78, 5) is 0. The quantitative estimate of drug-likeness (QED) is 0.440. The van der Waals surface area contributed by atoms with Gasteiger partial charge in [-0.25, -0.2) is 0 Å². The molecule has 0 saturated heterocycles. The molecule has 0 heterocycles. The minimum atomic E-state index is 0.741. The second-order valence-corrected chi connectivity index (χ2v) is 5.47. The molecule has 0 aromatic heterocycles. The van der Waals surface area contributed by atoms with Crippen molar-refractivity contribution in [1.82, 2.24) is 0 Å². The number of benzene rings is 3. The summed E-state index contributed by atoms with van der Waals surface area (Å²) >= 11 is 16.1. The third kappa shape index (κ3) is 1.74. The average molecular weight is 326 g/mol. The number of rotatable bonds is 0. The molecule has 0 radical (unpaired) electrons. The third-order valence-electron chi connectivity index (χ3n) is 2.87. The summed E-state index contributed by atoms with van der Waals surface area (Å²) in [5.41, 5.74) is 0. The Balaban J connectivity index is 2.62. The van der Waals surface area contributed by atoms with Gasteiger partial charge in [0.25, 0.3) is 0 Å². The van der Waals surface area contributed by atoms with Gasteiger partial charge in [-0.05, 0) is 44.9 Å². The Morgan fingerprint density at radius 2 is 1.18 bits per heavy atom. The summed E-state index contributed by atoms with van der Waals surface area (Å²) in [6.07, 6.45) is 0. The van der Waals surface area contributed by atoms with Crippen LogP contribution in [0.5, 0.6) is 0 Å². The Kier molecular flexibility index (Phi) is 2.78. The zero-order valence-electron chi connectivity index (χ0n) is 8.68. The smallest absolute Gasteiger partial charge is 0.0485 e. The van der Waals surface area contributed by atoms with Gasteiger partial charge in [0.1, 0.15) is 0 Å². The van der Waals surface area contributed by atoms with Crippen LogP contribution in [0.2, 0.25) is 10.0 Å². The van der Waals surface area contributed by atoms with Gasteiger partial charge < -0.3 is 0 Å². The highest BCUT2D eigenvalue weighted by Crippen LogP contribution is 2.38. The van der Waals surface area contributed by atoms with Gasteiger partial charge in [0.05, 0.1) is 0 Å². The van der Waals surface area contributed by atoms with E-state index in [1.54, 1.807) is 0 Å². The van der Waals surface area contributed by atoms with Crippen molar-refractivity contribution >= 4 is 60.7 Å². The van der Waals surface area contributed by atoms with Crippen molar-refractivity contribution in [1.29, 1.82) is 0 Å². The molecule has 0 amide bonds. The summed E-state index contributed by atoms with van der Waals surface area (Å²) in [5.74, 6) is 0. The van der Waals surface area contributed by atoms with Gasteiger partial charge >= 0.3 is 0 Å². The van der Waals surface area contributed by atoms with E-state index in [1.807, 2.05) is 42.5 Å². The van der Waals surface area contributed by atoms with Crippen LogP contribution >= 0.6 is 39.1 Å². The molecule has 0 atom stereocenters. The van der Waals surface area contributed by atoms with Gasteiger partial charge in [-0.15, -0.1) is 0 Å². The average Bonchev–Trinajstić information content (AvgIpc) is 2.32. The molecule has 0 nitrogen and oxygen atoms in total. The second kappa shape index (κ2) is 4.16. The molecule has 3 aromatic rings. The van der Waals surface area contributed by atoms with E-state index in [0.29, 0.717) is 0 Å². The number of hydrogen-bond donors (Lipinski definition) is 0. The van der Waals surface area contributed by atoms with Crippen LogP contribution in [0.15, 0.2) is 46.9 Å². The molecular weight excluding hydrogens is 319 g/mol. The van der Waals surface area contributed by atoms with E-state index in [4.69, 9.17) is 23.2 Å². The van der Waals surface area contributed by atoms with Crippen molar-refractivity contribution in [2.24, 2.45) is 0 Å². The molecule has 3 heteroatoms. The van der Waals surface area contributed by atoms with Crippen molar-refractivity contribution in [3.63, 3.8) is 0 Å². The number of hydrogen-bond acceptors (Lipinski definition) is 0. The minimum Gasteiger partial charge on any atom is -0.0837 e. The van der Waals surface area contributed by atoms with Crippen molar-refractivity contribution in [2.75, 3.05) is 0 Å². The maximum Gasteiger partial charge on any atom is 0.0485 e. The minimum absolute atomic E-state index is 0.741. The molecule has 0 aliphatic rings. The first-order valence-electron chi connectivity index (χ1n) is 5.13. The lowest BCUT2D eigenvalue weighted by atomic mass is 10.0. The van der Waals surface area contributed by atoms with Crippen molar-refractivity contribution in [2.45, 2.75) is 0 Å². The summed E-state index contributed by atoms with van der Waals surface area (Å²) in [5, 5.41) is 5.72. The first-order valence-corrected chi connectivity index (χ1v) is 6.68. The van der Waals surface area contributed by atoms with Crippen LogP contribution in [0.4, 0.5) is 0 Å². The SMILES string of the molecule is Clc1cccc2c(Br)c3cccc(Cl)c3cc12. The molecular formula is C14H7BrCl2. The molecule has 84 valence electrons. The molecule has 0 aliphatic heterocycles. The largest absolute Gasteiger partial charge is 0.0837 e. The molecule has 0 unspecified atom stereocenters. The van der Waals surface area contributed by atoms with Crippen LogP contribution in [-0.2, 0) is 0 Å². The van der Waals surface area contributed by atoms with E-state index < -0.39 is 0 Å². The molecule has 0 fully saturated rings. The van der Waals surface area contributed by atoms with Gasteiger partial charge in [0, 0.05) is 25.3 Å². The highest BCUT2D eigenvalue weighted by molar-refractivity contribution is 9.10. The zero-order chi connectivity index (χ0) is 12.0. The van der Waals surface area contributed by atoms with Crippen molar-refractivity contribution in [3.05, 3.63) is 57.0 Å². The topological polar surface area (TPSA) is 0 Å². The van der Waals surface area contributed by atoms with Crippen LogP contribution < -0.4 is 0 Å². The standard InChI is InChI=1S/C14H7BrCl2/c15-14-8-3-1-5-12(16)10(8)7-11-9(14)4-2-6-13(11)17/h1-7H. The monoisotopic (exact) mass is 324 g/mol. The predicted octanol–water partition coefficient (Wildman–Crippen LogP) is 6.06. The van der Waals surface area contributed by atoms with E-state index in [1.165, 1.54) is 0 Å². The second-order valence-electron chi connectivity index (χ2n) is 3.86. The highest BCUT2D eigenvalue weighted by atomic mass is 79.9. The predicted molar refractivity (Wildman–Crippen MR) is 79.2 cm³/mol. The summed E-state index contributed by atoms with van der Waals surface area (Å²) in [6.45, 7) is 0. The maximum absolute atomic E-state index is 6.22. The van der Waals surface area contributed by atoms with E-state index in [0.717, 1.165) is 36.1 Å². The number of fused-ring (bicyclic) bond motifs is 2. The van der Waals surface area contributed by atoms with E-state index in [-0.39, 0.29) is 0 Å². The summed E-state index contributed by atoms with van der Waals surface area (Å²) < 4.78 is 1.04. The Labute approximate surface area is 117 Å². The van der Waals surface area contributed by atoms with Crippen molar-refractivity contribution < 1.29 is 0 Å². The molecule has 17 heavy (non-hydrogen) atoms. The van der Waals surface area contributed by atoms with Crippen LogP contribution in [0.3, 0.4) is 0 Å². The Morgan fingerprint density at radius 3 is 1.65 bits per heavy atom. The molecule has 0 N–H and O–H groups in total. The van der Waals surface area contributed by atoms with E-state index in [9.17, 15) is 0 Å². The van der Waals surface area contributed by atoms with Gasteiger partial charge in [-0.1, -0.05) is 47.5 Å². The maximum atomic E-state index is 6.22. The zero-order valence-corrected chi connectivity index (χ0v) is 11.8. The summed E-state index contributed by atoms with van der Waals surface area (Å²) in [7, 11) is 0. The molecule has 3 rings (SSSR count). The Hall–Kier alpha value is -0.760. The molecule has 0 aliphatic carbocycles. The first kappa shape index (κ1) is 11.3. The van der Waals surface area contributed by atoms with Crippen LogP contribution in [0, 0.1) is 0 Å².